The number of aryl methyl sites for hydroxylation is 1. The molecular formula is C22H15ClN2O5S. The minimum absolute atomic E-state index is 0.185. The quantitative estimate of drug-likeness (QED) is 0.264. The van der Waals surface area contributed by atoms with Crippen LogP contribution >= 0.6 is 23.4 Å². The number of carbonyl (C=O) groups is 2. The fourth-order valence-electron chi connectivity index (χ4n) is 3.20. The zero-order valence-electron chi connectivity index (χ0n) is 16.2. The third-order valence-electron chi connectivity index (χ3n) is 4.62. The molecule has 4 rings (SSSR count). The topological polar surface area (TPSA) is 93.7 Å². The second-order valence-corrected chi connectivity index (χ2v) is 8.31. The minimum Gasteiger partial charge on any atom is -0.456 e. The molecule has 0 bridgehead atoms. The third-order valence-corrected chi connectivity index (χ3v) is 5.76. The Bertz CT molecular complexity index is 1250. The molecule has 0 radical (unpaired) electrons. The summed E-state index contributed by atoms with van der Waals surface area (Å²) >= 11 is 6.68. The zero-order chi connectivity index (χ0) is 22.1. The van der Waals surface area contributed by atoms with E-state index in [0.717, 1.165) is 22.9 Å². The van der Waals surface area contributed by atoms with E-state index >= 15 is 0 Å². The standard InChI is InChI=1S/C22H15ClN2O5S/c1-13-3-2-4-14(9-13)12-24-21(26)20(31-22(24)27)11-16-6-8-19(30-16)17-7-5-15(23)10-18(17)25(28)29/h2-11H,12H2,1H3/b20-11-. The average molecular weight is 455 g/mol. The van der Waals surface area contributed by atoms with Crippen LogP contribution in [-0.4, -0.2) is 21.0 Å². The Kier molecular flexibility index (Phi) is 5.67. The first-order valence-electron chi connectivity index (χ1n) is 9.17. The summed E-state index contributed by atoms with van der Waals surface area (Å²) in [4.78, 5) is 37.3. The van der Waals surface area contributed by atoms with Gasteiger partial charge in [-0.3, -0.25) is 24.6 Å². The Balaban J connectivity index is 1.58. The number of hydrogen-bond donors (Lipinski definition) is 0. The molecule has 156 valence electrons. The highest BCUT2D eigenvalue weighted by Crippen LogP contribution is 2.36. The van der Waals surface area contributed by atoms with Crippen molar-refractivity contribution in [2.75, 3.05) is 0 Å². The number of thioether (sulfide) groups is 1. The van der Waals surface area contributed by atoms with Crippen molar-refractivity contribution in [3.63, 3.8) is 0 Å². The molecule has 2 heterocycles. The first-order chi connectivity index (χ1) is 14.8. The lowest BCUT2D eigenvalue weighted by molar-refractivity contribution is -0.384. The summed E-state index contributed by atoms with van der Waals surface area (Å²) < 4.78 is 5.70. The van der Waals surface area contributed by atoms with E-state index in [2.05, 4.69) is 0 Å². The summed E-state index contributed by atoms with van der Waals surface area (Å²) in [6.07, 6.45) is 1.46. The highest BCUT2D eigenvalue weighted by molar-refractivity contribution is 8.18. The van der Waals surface area contributed by atoms with Crippen molar-refractivity contribution in [1.82, 2.24) is 4.90 Å². The molecule has 2 aromatic carbocycles. The van der Waals surface area contributed by atoms with Crippen LogP contribution in [0.1, 0.15) is 16.9 Å². The lowest BCUT2D eigenvalue weighted by atomic mass is 10.1. The van der Waals surface area contributed by atoms with Crippen LogP contribution in [-0.2, 0) is 11.3 Å². The summed E-state index contributed by atoms with van der Waals surface area (Å²) in [6, 6.07) is 15.0. The minimum atomic E-state index is -0.542. The number of rotatable bonds is 5. The molecule has 1 aromatic heterocycles. The van der Waals surface area contributed by atoms with E-state index in [4.69, 9.17) is 16.0 Å². The van der Waals surface area contributed by atoms with Gasteiger partial charge in [-0.2, -0.15) is 0 Å². The van der Waals surface area contributed by atoms with Crippen molar-refractivity contribution >= 4 is 46.3 Å². The lowest BCUT2D eigenvalue weighted by Crippen LogP contribution is -2.27. The number of nitro benzene ring substituents is 1. The summed E-state index contributed by atoms with van der Waals surface area (Å²) in [5.74, 6) is 0.154. The van der Waals surface area contributed by atoms with Crippen LogP contribution in [0.4, 0.5) is 10.5 Å². The van der Waals surface area contributed by atoms with Gasteiger partial charge in [-0.05, 0) is 48.5 Å². The van der Waals surface area contributed by atoms with Gasteiger partial charge in [0, 0.05) is 17.2 Å². The SMILES string of the molecule is Cc1cccc(CN2C(=O)S/C(=C\c3ccc(-c4ccc(Cl)cc4[N+](=O)[O-])o3)C2=O)c1. The van der Waals surface area contributed by atoms with Crippen molar-refractivity contribution in [2.24, 2.45) is 0 Å². The fraction of sp³-hybridized carbons (Fsp3) is 0.0909. The van der Waals surface area contributed by atoms with Crippen molar-refractivity contribution in [3.05, 3.63) is 91.5 Å². The van der Waals surface area contributed by atoms with E-state index in [9.17, 15) is 19.7 Å². The molecule has 1 saturated heterocycles. The number of amides is 2. The van der Waals surface area contributed by atoms with Gasteiger partial charge in [0.25, 0.3) is 16.8 Å². The number of furan rings is 1. The lowest BCUT2D eigenvalue weighted by Gasteiger charge is -2.12. The molecule has 7 nitrogen and oxygen atoms in total. The Hall–Kier alpha value is -3.36. The summed E-state index contributed by atoms with van der Waals surface area (Å²) in [5.41, 5.74) is 1.98. The van der Waals surface area contributed by atoms with Crippen molar-refractivity contribution in [1.29, 1.82) is 0 Å². The van der Waals surface area contributed by atoms with Gasteiger partial charge < -0.3 is 4.42 Å². The maximum absolute atomic E-state index is 12.7. The number of benzene rings is 2. The molecule has 0 atom stereocenters. The molecule has 2 amide bonds. The van der Waals surface area contributed by atoms with E-state index in [1.54, 1.807) is 12.1 Å². The molecular weight excluding hydrogens is 440 g/mol. The van der Waals surface area contributed by atoms with Gasteiger partial charge in [0.15, 0.2) is 0 Å². The van der Waals surface area contributed by atoms with Gasteiger partial charge >= 0.3 is 0 Å². The molecule has 0 saturated carbocycles. The molecule has 3 aromatic rings. The fourth-order valence-corrected chi connectivity index (χ4v) is 4.18. The number of nitrogens with zero attached hydrogens (tertiary/aromatic N) is 2. The number of carbonyl (C=O) groups excluding carboxylic acids is 2. The van der Waals surface area contributed by atoms with Gasteiger partial charge in [0.1, 0.15) is 11.5 Å². The highest BCUT2D eigenvalue weighted by atomic mass is 35.5. The highest BCUT2D eigenvalue weighted by Gasteiger charge is 2.35. The number of imide groups is 1. The van der Waals surface area contributed by atoms with Gasteiger partial charge in [-0.1, -0.05) is 41.4 Å². The third kappa shape index (κ3) is 4.40. The maximum Gasteiger partial charge on any atom is 0.293 e. The molecule has 0 spiro atoms. The summed E-state index contributed by atoms with van der Waals surface area (Å²) in [5, 5.41) is 11.2. The molecule has 0 unspecified atom stereocenters. The van der Waals surface area contributed by atoms with Crippen LogP contribution in [0.3, 0.4) is 0 Å². The van der Waals surface area contributed by atoms with E-state index in [1.165, 1.54) is 29.2 Å². The molecule has 1 aliphatic heterocycles. The largest absolute Gasteiger partial charge is 0.456 e. The van der Waals surface area contributed by atoms with Crippen LogP contribution in [0.2, 0.25) is 5.02 Å². The number of halogens is 1. The molecule has 1 fully saturated rings. The van der Waals surface area contributed by atoms with Crippen LogP contribution in [0.5, 0.6) is 0 Å². The molecule has 9 heteroatoms. The van der Waals surface area contributed by atoms with Gasteiger partial charge in [0.2, 0.25) is 0 Å². The Morgan fingerprint density at radius 2 is 1.97 bits per heavy atom. The molecule has 0 N–H and O–H groups in total. The van der Waals surface area contributed by atoms with E-state index in [0.29, 0.717) is 5.76 Å². The molecule has 1 aliphatic rings. The van der Waals surface area contributed by atoms with E-state index in [-0.39, 0.29) is 38.7 Å². The predicted molar refractivity (Wildman–Crippen MR) is 119 cm³/mol. The Morgan fingerprint density at radius 3 is 2.71 bits per heavy atom. The number of hydrogen-bond acceptors (Lipinski definition) is 6. The normalized spacial score (nSPS) is 15.2. The smallest absolute Gasteiger partial charge is 0.293 e. The van der Waals surface area contributed by atoms with E-state index in [1.807, 2.05) is 31.2 Å². The van der Waals surface area contributed by atoms with Gasteiger partial charge in [0.05, 0.1) is 21.9 Å². The van der Waals surface area contributed by atoms with Crippen molar-refractivity contribution < 1.29 is 18.9 Å². The van der Waals surface area contributed by atoms with Gasteiger partial charge in [-0.15, -0.1) is 0 Å². The van der Waals surface area contributed by atoms with Gasteiger partial charge in [-0.25, -0.2) is 0 Å². The Morgan fingerprint density at radius 1 is 1.16 bits per heavy atom. The van der Waals surface area contributed by atoms with Crippen LogP contribution < -0.4 is 0 Å². The zero-order valence-corrected chi connectivity index (χ0v) is 17.8. The first-order valence-corrected chi connectivity index (χ1v) is 10.4. The van der Waals surface area contributed by atoms with Crippen molar-refractivity contribution in [3.8, 4) is 11.3 Å². The van der Waals surface area contributed by atoms with Crippen molar-refractivity contribution in [2.45, 2.75) is 13.5 Å². The molecule has 31 heavy (non-hydrogen) atoms. The predicted octanol–water partition coefficient (Wildman–Crippen LogP) is 6.05. The average Bonchev–Trinajstić information content (AvgIpc) is 3.28. The Labute approximate surface area is 186 Å². The second-order valence-electron chi connectivity index (χ2n) is 6.88. The summed E-state index contributed by atoms with van der Waals surface area (Å²) in [6.45, 7) is 2.13. The summed E-state index contributed by atoms with van der Waals surface area (Å²) in [7, 11) is 0. The second kappa shape index (κ2) is 8.41. The van der Waals surface area contributed by atoms with Crippen LogP contribution in [0, 0.1) is 17.0 Å². The van der Waals surface area contributed by atoms with Crippen LogP contribution in [0.15, 0.2) is 63.9 Å². The van der Waals surface area contributed by atoms with E-state index < -0.39 is 10.8 Å². The maximum atomic E-state index is 12.7. The molecule has 0 aliphatic carbocycles. The number of nitro groups is 1. The first kappa shape index (κ1) is 20.9. The monoisotopic (exact) mass is 454 g/mol. The van der Waals surface area contributed by atoms with Crippen LogP contribution in [0.25, 0.3) is 17.4 Å².